The first-order chi connectivity index (χ1) is 18.7. The van der Waals surface area contributed by atoms with E-state index in [2.05, 4.69) is 0 Å². The molecule has 8 nitrogen and oxygen atoms in total. The highest BCUT2D eigenvalue weighted by atomic mass is 19.2. The molecule has 0 spiro atoms. The SMILES string of the molecule is CN(C(=O)c1cc2cc(F)c(F)cc2n1C(=O)OC(C)(C)C)[C@@H]1COCc2c1c1cc(F)c(F)cc1c(=O)n2C. The number of likely N-dealkylation sites (N-methyl/N-ethyl adjacent to an activating group) is 1. The van der Waals surface area contributed by atoms with Gasteiger partial charge in [-0.25, -0.2) is 26.9 Å². The third kappa shape index (κ3) is 4.41. The Labute approximate surface area is 225 Å². The summed E-state index contributed by atoms with van der Waals surface area (Å²) in [6.45, 7) is 4.73. The molecule has 0 aliphatic carbocycles. The topological polar surface area (TPSA) is 82.8 Å². The van der Waals surface area contributed by atoms with Gasteiger partial charge in [0.2, 0.25) is 0 Å². The molecule has 2 aromatic carbocycles. The number of aromatic nitrogens is 2. The fourth-order valence-corrected chi connectivity index (χ4v) is 4.97. The number of pyridine rings is 1. The van der Waals surface area contributed by atoms with Crippen LogP contribution in [0.25, 0.3) is 21.7 Å². The molecule has 0 saturated carbocycles. The first-order valence-electron chi connectivity index (χ1n) is 12.3. The van der Waals surface area contributed by atoms with Crippen LogP contribution in [0.5, 0.6) is 0 Å². The van der Waals surface area contributed by atoms with Gasteiger partial charge in [-0.1, -0.05) is 0 Å². The molecule has 5 rings (SSSR count). The van der Waals surface area contributed by atoms with Crippen molar-refractivity contribution in [3.63, 3.8) is 0 Å². The Morgan fingerprint density at radius 1 is 0.975 bits per heavy atom. The number of carbonyl (C=O) groups excluding carboxylic acids is 2. The van der Waals surface area contributed by atoms with E-state index in [0.29, 0.717) is 11.3 Å². The molecule has 0 bridgehead atoms. The number of amides is 1. The van der Waals surface area contributed by atoms with Gasteiger partial charge in [0, 0.05) is 31.1 Å². The van der Waals surface area contributed by atoms with E-state index in [-0.39, 0.29) is 40.6 Å². The van der Waals surface area contributed by atoms with Gasteiger partial charge in [0.15, 0.2) is 23.3 Å². The molecular formula is C28H25F4N3O5. The van der Waals surface area contributed by atoms with E-state index in [1.165, 1.54) is 29.6 Å². The molecule has 40 heavy (non-hydrogen) atoms. The van der Waals surface area contributed by atoms with Crippen LogP contribution in [0.3, 0.4) is 0 Å². The van der Waals surface area contributed by atoms with E-state index in [1.54, 1.807) is 20.8 Å². The fourth-order valence-electron chi connectivity index (χ4n) is 4.97. The summed E-state index contributed by atoms with van der Waals surface area (Å²) in [6.07, 6.45) is -0.990. The lowest BCUT2D eigenvalue weighted by Gasteiger charge is -2.35. The molecule has 0 radical (unpaired) electrons. The molecular weight excluding hydrogens is 534 g/mol. The van der Waals surface area contributed by atoms with Gasteiger partial charge in [-0.05, 0) is 50.4 Å². The number of ether oxygens (including phenoxy) is 2. The Balaban J connectivity index is 1.68. The van der Waals surface area contributed by atoms with E-state index >= 15 is 0 Å². The molecule has 0 saturated heterocycles. The predicted octanol–water partition coefficient (Wildman–Crippen LogP) is 5.18. The van der Waals surface area contributed by atoms with Crippen molar-refractivity contribution in [1.29, 1.82) is 0 Å². The molecule has 210 valence electrons. The van der Waals surface area contributed by atoms with E-state index < -0.39 is 52.5 Å². The highest BCUT2D eigenvalue weighted by Crippen LogP contribution is 2.36. The number of nitrogens with zero attached hydrogens (tertiary/aromatic N) is 3. The predicted molar refractivity (Wildman–Crippen MR) is 137 cm³/mol. The summed E-state index contributed by atoms with van der Waals surface area (Å²) in [5.41, 5.74) is -1.16. The molecule has 0 fully saturated rings. The second kappa shape index (κ2) is 9.47. The maximum Gasteiger partial charge on any atom is 0.419 e. The van der Waals surface area contributed by atoms with Gasteiger partial charge in [-0.2, -0.15) is 0 Å². The van der Waals surface area contributed by atoms with Gasteiger partial charge in [-0.15, -0.1) is 0 Å². The zero-order valence-electron chi connectivity index (χ0n) is 22.3. The van der Waals surface area contributed by atoms with Crippen LogP contribution in [0.4, 0.5) is 22.4 Å². The molecule has 0 unspecified atom stereocenters. The Kier molecular flexibility index (Phi) is 6.48. The first kappa shape index (κ1) is 27.4. The molecule has 3 heterocycles. The molecule has 0 N–H and O–H groups in total. The molecule has 1 aliphatic heterocycles. The molecule has 4 aromatic rings. The standard InChI is InChI=1S/C28H25F4N3O5/c1-28(2,3)40-27(38)35-20-10-19(32)16(29)6-13(20)7-21(35)26(37)34(5)23-12-39-11-22-24(23)14-8-17(30)18(31)9-15(14)25(36)33(22)4/h6-10,23H,11-12H2,1-5H3/t23-/m1/s1. The average molecular weight is 560 g/mol. The van der Waals surface area contributed by atoms with E-state index in [0.717, 1.165) is 28.8 Å². The minimum Gasteiger partial charge on any atom is -0.443 e. The normalized spacial score (nSPS) is 15.4. The minimum absolute atomic E-state index is 0.0226. The zero-order chi connectivity index (χ0) is 29.3. The van der Waals surface area contributed by atoms with Crippen LogP contribution in [0.1, 0.15) is 48.6 Å². The molecule has 2 aromatic heterocycles. The summed E-state index contributed by atoms with van der Waals surface area (Å²) in [5.74, 6) is -5.51. The van der Waals surface area contributed by atoms with Crippen molar-refractivity contribution in [3.05, 3.63) is 80.9 Å². The first-order valence-corrected chi connectivity index (χ1v) is 12.3. The summed E-state index contributed by atoms with van der Waals surface area (Å²) in [6, 6.07) is 3.70. The quantitative estimate of drug-likeness (QED) is 0.317. The van der Waals surface area contributed by atoms with Gasteiger partial charge in [0.25, 0.3) is 11.5 Å². The lowest BCUT2D eigenvalue weighted by molar-refractivity contribution is 0.0308. The van der Waals surface area contributed by atoms with Crippen molar-refractivity contribution >= 4 is 33.7 Å². The van der Waals surface area contributed by atoms with Crippen LogP contribution in [0.2, 0.25) is 0 Å². The highest BCUT2D eigenvalue weighted by Gasteiger charge is 2.35. The molecule has 1 amide bonds. The number of hydrogen-bond donors (Lipinski definition) is 0. The maximum atomic E-state index is 14.4. The minimum atomic E-state index is -1.22. The van der Waals surface area contributed by atoms with Crippen molar-refractivity contribution in [2.75, 3.05) is 13.7 Å². The third-order valence-electron chi connectivity index (χ3n) is 6.88. The van der Waals surface area contributed by atoms with E-state index in [4.69, 9.17) is 9.47 Å². The number of fused-ring (bicyclic) bond motifs is 4. The Morgan fingerprint density at radius 2 is 1.57 bits per heavy atom. The monoisotopic (exact) mass is 559 g/mol. The molecule has 12 heteroatoms. The van der Waals surface area contributed by atoms with Crippen molar-refractivity contribution < 1.29 is 36.6 Å². The Hall–Kier alpha value is -4.19. The second-order valence-electron chi connectivity index (χ2n) is 10.7. The van der Waals surface area contributed by atoms with Crippen LogP contribution in [-0.4, -0.2) is 45.3 Å². The van der Waals surface area contributed by atoms with Crippen LogP contribution < -0.4 is 5.56 Å². The van der Waals surface area contributed by atoms with Crippen LogP contribution in [0.15, 0.2) is 35.1 Å². The summed E-state index contributed by atoms with van der Waals surface area (Å²) < 4.78 is 69.9. The second-order valence-corrected chi connectivity index (χ2v) is 10.7. The smallest absolute Gasteiger partial charge is 0.419 e. The van der Waals surface area contributed by atoms with Gasteiger partial charge >= 0.3 is 6.09 Å². The molecule has 1 aliphatic rings. The summed E-state index contributed by atoms with van der Waals surface area (Å²) in [7, 11) is 2.86. The van der Waals surface area contributed by atoms with Crippen molar-refractivity contribution in [3.8, 4) is 0 Å². The Morgan fingerprint density at radius 3 is 2.23 bits per heavy atom. The highest BCUT2D eigenvalue weighted by molar-refractivity contribution is 6.04. The third-order valence-corrected chi connectivity index (χ3v) is 6.88. The maximum absolute atomic E-state index is 14.4. The zero-order valence-corrected chi connectivity index (χ0v) is 22.3. The number of rotatable bonds is 2. The van der Waals surface area contributed by atoms with Gasteiger partial charge in [0.05, 0.1) is 35.9 Å². The lowest BCUT2D eigenvalue weighted by Crippen LogP contribution is -2.40. The van der Waals surface area contributed by atoms with E-state index in [1.807, 2.05) is 0 Å². The summed E-state index contributed by atoms with van der Waals surface area (Å²) in [5, 5.41) is 0.107. The number of carbonyl (C=O) groups is 2. The Bertz CT molecular complexity index is 1790. The van der Waals surface area contributed by atoms with Gasteiger partial charge in [-0.3, -0.25) is 9.59 Å². The van der Waals surface area contributed by atoms with Crippen LogP contribution >= 0.6 is 0 Å². The molecule has 1 atom stereocenters. The fraction of sp³-hybridized carbons (Fsp3) is 0.321. The van der Waals surface area contributed by atoms with Crippen LogP contribution in [0, 0.1) is 23.3 Å². The van der Waals surface area contributed by atoms with Gasteiger partial charge in [0.1, 0.15) is 11.3 Å². The van der Waals surface area contributed by atoms with Gasteiger partial charge < -0.3 is 18.9 Å². The van der Waals surface area contributed by atoms with Crippen molar-refractivity contribution in [2.45, 2.75) is 39.0 Å². The number of benzene rings is 2. The number of hydrogen-bond acceptors (Lipinski definition) is 5. The van der Waals surface area contributed by atoms with Crippen molar-refractivity contribution in [1.82, 2.24) is 14.0 Å². The lowest BCUT2D eigenvalue weighted by atomic mass is 9.94. The summed E-state index contributed by atoms with van der Waals surface area (Å²) in [4.78, 5) is 41.3. The van der Waals surface area contributed by atoms with Crippen molar-refractivity contribution in [2.24, 2.45) is 7.05 Å². The number of halogens is 4. The average Bonchev–Trinajstić information content (AvgIpc) is 3.24. The van der Waals surface area contributed by atoms with Crippen LogP contribution in [-0.2, 0) is 23.1 Å². The summed E-state index contributed by atoms with van der Waals surface area (Å²) >= 11 is 0. The van der Waals surface area contributed by atoms with E-state index in [9.17, 15) is 31.9 Å². The largest absolute Gasteiger partial charge is 0.443 e.